The van der Waals surface area contributed by atoms with Gasteiger partial charge in [0, 0.05) is 38.3 Å². The molecule has 0 aromatic heterocycles. The summed E-state index contributed by atoms with van der Waals surface area (Å²) in [7, 11) is 0. The van der Waals surface area contributed by atoms with Crippen LogP contribution in [-0.4, -0.2) is 60.8 Å². The Labute approximate surface area is 236 Å². The van der Waals surface area contributed by atoms with Crippen LogP contribution in [0.15, 0.2) is 60.7 Å². The maximum absolute atomic E-state index is 13.3. The molecule has 0 saturated carbocycles. The fraction of sp³-hybridized carbons (Fsp3) is 0.394. The van der Waals surface area contributed by atoms with Crippen molar-refractivity contribution in [2.75, 3.05) is 37.7 Å². The minimum atomic E-state index is -0.860. The highest BCUT2D eigenvalue weighted by molar-refractivity contribution is 5.96. The standard InChI is InChI=1S/C33H39N3O4/c1-23-8-3-14-31(24(23)2)40-19-7-15-32(37)36-17-6-12-29-28(11-5-13-30(29)36)26-10-4-9-25(20-26)21-27-22-34-16-18-35(27)33(38)39/h3-5,8-11,13-14,20,27,34H,6-7,12,15-19,21-22H2,1-2H3,(H,38,39). The number of carbonyl (C=O) groups is 2. The van der Waals surface area contributed by atoms with E-state index in [1.165, 1.54) is 11.1 Å². The Bertz CT molecular complexity index is 1370. The van der Waals surface area contributed by atoms with Gasteiger partial charge in [-0.25, -0.2) is 4.79 Å². The van der Waals surface area contributed by atoms with Crippen molar-refractivity contribution >= 4 is 17.7 Å². The van der Waals surface area contributed by atoms with E-state index in [2.05, 4.69) is 55.6 Å². The van der Waals surface area contributed by atoms with Gasteiger partial charge in [0.2, 0.25) is 5.91 Å². The van der Waals surface area contributed by atoms with E-state index in [1.807, 2.05) is 29.2 Å². The topological polar surface area (TPSA) is 82.1 Å². The SMILES string of the molecule is Cc1cccc(OCCCC(=O)N2CCCc3c(-c4cccc(CC5CNCCN5C(=O)O)c4)cccc32)c1C. The highest BCUT2D eigenvalue weighted by Crippen LogP contribution is 2.36. The van der Waals surface area contributed by atoms with Crippen LogP contribution in [0.25, 0.3) is 11.1 Å². The molecule has 2 aliphatic heterocycles. The van der Waals surface area contributed by atoms with Crippen LogP contribution in [-0.2, 0) is 17.6 Å². The molecule has 40 heavy (non-hydrogen) atoms. The molecule has 3 aromatic carbocycles. The van der Waals surface area contributed by atoms with Gasteiger partial charge in [-0.1, -0.05) is 48.5 Å². The summed E-state index contributed by atoms with van der Waals surface area (Å²) in [5.41, 5.74) is 7.92. The number of rotatable bonds is 8. The molecule has 1 fully saturated rings. The first kappa shape index (κ1) is 27.7. The van der Waals surface area contributed by atoms with Crippen LogP contribution >= 0.6 is 0 Å². The highest BCUT2D eigenvalue weighted by atomic mass is 16.5. The number of carbonyl (C=O) groups excluding carboxylic acids is 1. The van der Waals surface area contributed by atoms with E-state index in [4.69, 9.17) is 4.74 Å². The van der Waals surface area contributed by atoms with Crippen molar-refractivity contribution in [2.24, 2.45) is 0 Å². The fourth-order valence-corrected chi connectivity index (χ4v) is 5.91. The predicted molar refractivity (Wildman–Crippen MR) is 158 cm³/mol. The van der Waals surface area contributed by atoms with E-state index >= 15 is 0 Å². The number of anilines is 1. The molecule has 1 atom stereocenters. The van der Waals surface area contributed by atoms with Crippen molar-refractivity contribution in [3.05, 3.63) is 82.9 Å². The zero-order valence-corrected chi connectivity index (χ0v) is 23.5. The number of piperazine rings is 1. The molecule has 5 rings (SSSR count). The quantitative estimate of drug-likeness (QED) is 0.363. The smallest absolute Gasteiger partial charge is 0.407 e. The fourth-order valence-electron chi connectivity index (χ4n) is 5.91. The van der Waals surface area contributed by atoms with Crippen molar-refractivity contribution in [2.45, 2.75) is 52.0 Å². The Balaban J connectivity index is 1.27. The minimum Gasteiger partial charge on any atom is -0.493 e. The molecule has 2 heterocycles. The van der Waals surface area contributed by atoms with Crippen molar-refractivity contribution in [1.29, 1.82) is 0 Å². The Morgan fingerprint density at radius 2 is 1.88 bits per heavy atom. The number of hydrogen-bond acceptors (Lipinski definition) is 4. The molecule has 2 amide bonds. The van der Waals surface area contributed by atoms with Crippen LogP contribution in [0.3, 0.4) is 0 Å². The van der Waals surface area contributed by atoms with Crippen molar-refractivity contribution in [3.63, 3.8) is 0 Å². The summed E-state index contributed by atoms with van der Waals surface area (Å²) < 4.78 is 5.98. The first-order valence-corrected chi connectivity index (χ1v) is 14.3. The van der Waals surface area contributed by atoms with Gasteiger partial charge < -0.3 is 25.0 Å². The van der Waals surface area contributed by atoms with Gasteiger partial charge in [0.15, 0.2) is 0 Å². The normalized spacial score (nSPS) is 16.9. The number of fused-ring (bicyclic) bond motifs is 1. The molecular formula is C33H39N3O4. The number of carboxylic acid groups (broad SMARTS) is 1. The average molecular weight is 542 g/mol. The summed E-state index contributed by atoms with van der Waals surface area (Å²) >= 11 is 0. The van der Waals surface area contributed by atoms with Gasteiger partial charge >= 0.3 is 6.09 Å². The number of amides is 2. The van der Waals surface area contributed by atoms with Crippen molar-refractivity contribution in [1.82, 2.24) is 10.2 Å². The second kappa shape index (κ2) is 12.6. The van der Waals surface area contributed by atoms with Crippen molar-refractivity contribution in [3.8, 4) is 16.9 Å². The van der Waals surface area contributed by atoms with Crippen molar-refractivity contribution < 1.29 is 19.4 Å². The number of nitrogens with one attached hydrogen (secondary N) is 1. The molecule has 0 aliphatic carbocycles. The van der Waals surface area contributed by atoms with Gasteiger partial charge in [-0.15, -0.1) is 0 Å². The number of benzene rings is 3. The lowest BCUT2D eigenvalue weighted by atomic mass is 9.90. The number of aryl methyl sites for hydroxylation is 1. The van der Waals surface area contributed by atoms with Gasteiger partial charge in [-0.05, 0) is 85.0 Å². The monoisotopic (exact) mass is 541 g/mol. The summed E-state index contributed by atoms with van der Waals surface area (Å²) in [4.78, 5) is 28.5. The predicted octanol–water partition coefficient (Wildman–Crippen LogP) is 5.60. The molecule has 0 spiro atoms. The van der Waals surface area contributed by atoms with E-state index in [-0.39, 0.29) is 11.9 Å². The Morgan fingerprint density at radius 1 is 1.05 bits per heavy atom. The molecule has 3 aromatic rings. The number of nitrogens with zero attached hydrogens (tertiary/aromatic N) is 2. The maximum Gasteiger partial charge on any atom is 0.407 e. The van der Waals surface area contributed by atoms with Crippen LogP contribution in [0.4, 0.5) is 10.5 Å². The largest absolute Gasteiger partial charge is 0.493 e. The highest BCUT2D eigenvalue weighted by Gasteiger charge is 2.27. The molecule has 7 nitrogen and oxygen atoms in total. The van der Waals surface area contributed by atoms with Crippen LogP contribution in [0.1, 0.15) is 41.5 Å². The average Bonchev–Trinajstić information content (AvgIpc) is 2.97. The zero-order valence-electron chi connectivity index (χ0n) is 23.5. The zero-order chi connectivity index (χ0) is 28.1. The van der Waals surface area contributed by atoms with Gasteiger partial charge in [-0.3, -0.25) is 4.79 Å². The first-order chi connectivity index (χ1) is 19.4. The third kappa shape index (κ3) is 6.15. The summed E-state index contributed by atoms with van der Waals surface area (Å²) in [6.45, 7) is 7.23. The van der Waals surface area contributed by atoms with Crippen LogP contribution in [0.2, 0.25) is 0 Å². The van der Waals surface area contributed by atoms with Crippen LogP contribution in [0, 0.1) is 13.8 Å². The van der Waals surface area contributed by atoms with E-state index < -0.39 is 6.09 Å². The molecule has 7 heteroatoms. The Hall–Kier alpha value is -3.84. The summed E-state index contributed by atoms with van der Waals surface area (Å²) in [6, 6.07) is 20.6. The van der Waals surface area contributed by atoms with E-state index in [1.54, 1.807) is 4.90 Å². The number of ether oxygens (including phenoxy) is 1. The van der Waals surface area contributed by atoms with Gasteiger partial charge in [-0.2, -0.15) is 0 Å². The molecular weight excluding hydrogens is 502 g/mol. The Kier molecular flexibility index (Phi) is 8.70. The lowest BCUT2D eigenvalue weighted by Crippen LogP contribution is -2.54. The van der Waals surface area contributed by atoms with E-state index in [9.17, 15) is 14.7 Å². The Morgan fingerprint density at radius 3 is 2.73 bits per heavy atom. The maximum atomic E-state index is 13.3. The first-order valence-electron chi connectivity index (χ1n) is 14.3. The molecule has 1 unspecified atom stereocenters. The third-order valence-electron chi connectivity index (χ3n) is 8.20. The molecule has 1 saturated heterocycles. The second-order valence-electron chi connectivity index (χ2n) is 10.8. The lowest BCUT2D eigenvalue weighted by molar-refractivity contribution is -0.118. The molecule has 2 aliphatic rings. The molecule has 0 radical (unpaired) electrons. The lowest BCUT2D eigenvalue weighted by Gasteiger charge is -2.34. The summed E-state index contributed by atoms with van der Waals surface area (Å²) in [5, 5.41) is 12.9. The van der Waals surface area contributed by atoms with E-state index in [0.29, 0.717) is 45.5 Å². The minimum absolute atomic E-state index is 0.0851. The van der Waals surface area contributed by atoms with Gasteiger partial charge in [0.1, 0.15) is 5.75 Å². The number of hydrogen-bond donors (Lipinski definition) is 2. The van der Waals surface area contributed by atoms with E-state index in [0.717, 1.165) is 53.1 Å². The summed E-state index contributed by atoms with van der Waals surface area (Å²) in [5.74, 6) is 1.02. The molecule has 2 N–H and O–H groups in total. The summed E-state index contributed by atoms with van der Waals surface area (Å²) in [6.07, 6.45) is 2.77. The van der Waals surface area contributed by atoms with Crippen LogP contribution < -0.4 is 15.0 Å². The van der Waals surface area contributed by atoms with Gasteiger partial charge in [0.05, 0.1) is 12.6 Å². The third-order valence-corrected chi connectivity index (χ3v) is 8.20. The molecule has 0 bridgehead atoms. The molecule has 210 valence electrons. The van der Waals surface area contributed by atoms with Gasteiger partial charge in [0.25, 0.3) is 0 Å². The second-order valence-corrected chi connectivity index (χ2v) is 10.8. The van der Waals surface area contributed by atoms with Crippen LogP contribution in [0.5, 0.6) is 5.75 Å².